The highest BCUT2D eigenvalue weighted by molar-refractivity contribution is 5.36. The van der Waals surface area contributed by atoms with Crippen molar-refractivity contribution < 1.29 is 9.13 Å². The summed E-state index contributed by atoms with van der Waals surface area (Å²) < 4.78 is 18.2. The van der Waals surface area contributed by atoms with Crippen LogP contribution in [-0.2, 0) is 10.2 Å². The number of hydrogen-bond donors (Lipinski definition) is 0. The zero-order chi connectivity index (χ0) is 9.31. The Hall–Kier alpha value is -1.40. The molecule has 0 bridgehead atoms. The minimum Gasteiger partial charge on any atom is -0.377 e. The van der Waals surface area contributed by atoms with Gasteiger partial charge in [-0.3, -0.25) is 0 Å². The van der Waals surface area contributed by atoms with Crippen molar-refractivity contribution in [3.63, 3.8) is 0 Å². The normalized spacial score (nSPS) is 18.8. The van der Waals surface area contributed by atoms with Gasteiger partial charge in [0.05, 0.1) is 19.3 Å². The molecular formula is C10H8FNO. The maximum atomic E-state index is 13.3. The SMILES string of the molecule is N#CC1(c2ccccc2F)COC1. The zero-order valence-corrected chi connectivity index (χ0v) is 6.96. The van der Waals surface area contributed by atoms with Crippen LogP contribution in [0, 0.1) is 17.1 Å². The van der Waals surface area contributed by atoms with E-state index in [2.05, 4.69) is 6.07 Å². The summed E-state index contributed by atoms with van der Waals surface area (Å²) in [6, 6.07) is 8.46. The number of nitrogens with zero attached hydrogens (tertiary/aromatic N) is 1. The first kappa shape index (κ1) is 8.21. The molecule has 13 heavy (non-hydrogen) atoms. The maximum absolute atomic E-state index is 13.3. The molecule has 1 aliphatic rings. The summed E-state index contributed by atoms with van der Waals surface area (Å²) in [6.07, 6.45) is 0. The lowest BCUT2D eigenvalue weighted by Crippen LogP contribution is -2.46. The van der Waals surface area contributed by atoms with Gasteiger partial charge in [0, 0.05) is 5.56 Å². The fraction of sp³-hybridized carbons (Fsp3) is 0.300. The quantitative estimate of drug-likeness (QED) is 0.653. The van der Waals surface area contributed by atoms with Gasteiger partial charge in [-0.05, 0) is 6.07 Å². The molecule has 0 saturated carbocycles. The van der Waals surface area contributed by atoms with Gasteiger partial charge in [0.15, 0.2) is 0 Å². The van der Waals surface area contributed by atoms with Crippen LogP contribution in [0.15, 0.2) is 24.3 Å². The second-order valence-corrected chi connectivity index (χ2v) is 3.17. The molecule has 1 aromatic carbocycles. The fourth-order valence-electron chi connectivity index (χ4n) is 1.44. The minimum atomic E-state index is -0.745. The van der Waals surface area contributed by atoms with E-state index >= 15 is 0 Å². The molecule has 3 heteroatoms. The molecule has 2 nitrogen and oxygen atoms in total. The summed E-state index contributed by atoms with van der Waals surface area (Å²) in [5, 5.41) is 8.92. The van der Waals surface area contributed by atoms with Crippen molar-refractivity contribution in [3.05, 3.63) is 35.6 Å². The lowest BCUT2D eigenvalue weighted by molar-refractivity contribution is -0.0313. The van der Waals surface area contributed by atoms with Crippen molar-refractivity contribution in [3.8, 4) is 6.07 Å². The van der Waals surface area contributed by atoms with Gasteiger partial charge in [-0.1, -0.05) is 18.2 Å². The van der Waals surface area contributed by atoms with Crippen LogP contribution in [-0.4, -0.2) is 13.2 Å². The van der Waals surface area contributed by atoms with Crippen molar-refractivity contribution in [2.24, 2.45) is 0 Å². The van der Waals surface area contributed by atoms with E-state index in [1.807, 2.05) is 0 Å². The molecule has 2 rings (SSSR count). The van der Waals surface area contributed by atoms with Gasteiger partial charge in [-0.15, -0.1) is 0 Å². The topological polar surface area (TPSA) is 33.0 Å². The molecule has 0 N–H and O–H groups in total. The first-order valence-corrected chi connectivity index (χ1v) is 4.02. The lowest BCUT2D eigenvalue weighted by Gasteiger charge is -2.35. The second kappa shape index (κ2) is 2.82. The Kier molecular flexibility index (Phi) is 1.78. The van der Waals surface area contributed by atoms with Crippen LogP contribution in [0.25, 0.3) is 0 Å². The molecule has 1 saturated heterocycles. The largest absolute Gasteiger partial charge is 0.377 e. The van der Waals surface area contributed by atoms with Crippen LogP contribution in [0.2, 0.25) is 0 Å². The maximum Gasteiger partial charge on any atom is 0.131 e. The highest BCUT2D eigenvalue weighted by atomic mass is 19.1. The Labute approximate surface area is 75.6 Å². The van der Waals surface area contributed by atoms with Crippen molar-refractivity contribution in [2.75, 3.05) is 13.2 Å². The third-order valence-corrected chi connectivity index (χ3v) is 2.30. The predicted molar refractivity (Wildman–Crippen MR) is 44.5 cm³/mol. The molecule has 1 aliphatic heterocycles. The van der Waals surface area contributed by atoms with Crippen molar-refractivity contribution >= 4 is 0 Å². The Bertz CT molecular complexity index is 365. The number of hydrogen-bond acceptors (Lipinski definition) is 2. The van der Waals surface area contributed by atoms with Crippen molar-refractivity contribution in [1.82, 2.24) is 0 Å². The van der Waals surface area contributed by atoms with Gasteiger partial charge in [0.1, 0.15) is 11.2 Å². The zero-order valence-electron chi connectivity index (χ0n) is 6.96. The highest BCUT2D eigenvalue weighted by Crippen LogP contribution is 2.32. The second-order valence-electron chi connectivity index (χ2n) is 3.17. The first-order valence-electron chi connectivity index (χ1n) is 4.02. The average Bonchev–Trinajstić information content (AvgIpc) is 2.07. The molecule has 0 atom stereocenters. The standard InChI is InChI=1S/C10H8FNO/c11-9-4-2-1-3-8(9)10(5-12)6-13-7-10/h1-4H,6-7H2. The number of halogens is 1. The summed E-state index contributed by atoms with van der Waals surface area (Å²) >= 11 is 0. The molecule has 0 spiro atoms. The smallest absolute Gasteiger partial charge is 0.131 e. The van der Waals surface area contributed by atoms with E-state index in [9.17, 15) is 4.39 Å². The van der Waals surface area contributed by atoms with E-state index in [1.54, 1.807) is 18.2 Å². The Morgan fingerprint density at radius 1 is 1.38 bits per heavy atom. The molecule has 0 unspecified atom stereocenters. The van der Waals surface area contributed by atoms with E-state index in [0.29, 0.717) is 18.8 Å². The van der Waals surface area contributed by atoms with Crippen LogP contribution in [0.4, 0.5) is 4.39 Å². The van der Waals surface area contributed by atoms with Gasteiger partial charge in [-0.2, -0.15) is 5.26 Å². The van der Waals surface area contributed by atoms with Gasteiger partial charge >= 0.3 is 0 Å². The summed E-state index contributed by atoms with van der Waals surface area (Å²) in [4.78, 5) is 0. The van der Waals surface area contributed by atoms with Gasteiger partial charge < -0.3 is 4.74 Å². The van der Waals surface area contributed by atoms with E-state index in [1.165, 1.54) is 6.07 Å². The van der Waals surface area contributed by atoms with Crippen LogP contribution in [0.1, 0.15) is 5.56 Å². The van der Waals surface area contributed by atoms with E-state index in [-0.39, 0.29) is 5.82 Å². The molecule has 1 fully saturated rings. The minimum absolute atomic E-state index is 0.296. The molecule has 66 valence electrons. The third-order valence-electron chi connectivity index (χ3n) is 2.30. The van der Waals surface area contributed by atoms with Gasteiger partial charge in [0.2, 0.25) is 0 Å². The summed E-state index contributed by atoms with van der Waals surface area (Å²) in [7, 11) is 0. The Balaban J connectivity index is 2.46. The molecule has 1 aromatic rings. The molecule has 0 aromatic heterocycles. The summed E-state index contributed by atoms with van der Waals surface area (Å²) in [5.41, 5.74) is -0.297. The van der Waals surface area contributed by atoms with E-state index < -0.39 is 5.41 Å². The van der Waals surface area contributed by atoms with Crippen LogP contribution in [0.3, 0.4) is 0 Å². The Morgan fingerprint density at radius 3 is 2.54 bits per heavy atom. The van der Waals surface area contributed by atoms with E-state index in [4.69, 9.17) is 10.00 Å². The Morgan fingerprint density at radius 2 is 2.08 bits per heavy atom. The average molecular weight is 177 g/mol. The van der Waals surface area contributed by atoms with Gasteiger partial charge in [0.25, 0.3) is 0 Å². The monoisotopic (exact) mass is 177 g/mol. The third kappa shape index (κ3) is 1.11. The molecule has 1 heterocycles. The lowest BCUT2D eigenvalue weighted by atomic mass is 9.80. The first-order chi connectivity index (χ1) is 6.28. The summed E-state index contributed by atoms with van der Waals surface area (Å²) in [5.74, 6) is -0.327. The fourth-order valence-corrected chi connectivity index (χ4v) is 1.44. The molecule has 0 radical (unpaired) electrons. The number of nitriles is 1. The van der Waals surface area contributed by atoms with Crippen LogP contribution in [0.5, 0.6) is 0 Å². The highest BCUT2D eigenvalue weighted by Gasteiger charge is 2.42. The van der Waals surface area contributed by atoms with Gasteiger partial charge in [-0.25, -0.2) is 4.39 Å². The van der Waals surface area contributed by atoms with Crippen LogP contribution >= 0.6 is 0 Å². The van der Waals surface area contributed by atoms with Crippen molar-refractivity contribution in [1.29, 1.82) is 5.26 Å². The summed E-state index contributed by atoms with van der Waals surface area (Å²) in [6.45, 7) is 0.592. The predicted octanol–water partition coefficient (Wildman–Crippen LogP) is 1.62. The molecular weight excluding hydrogens is 169 g/mol. The molecule has 0 aliphatic carbocycles. The number of ether oxygens (including phenoxy) is 1. The number of benzene rings is 1. The molecule has 0 amide bonds. The van der Waals surface area contributed by atoms with E-state index in [0.717, 1.165) is 0 Å². The van der Waals surface area contributed by atoms with Crippen LogP contribution < -0.4 is 0 Å². The van der Waals surface area contributed by atoms with Crippen molar-refractivity contribution in [2.45, 2.75) is 5.41 Å². The number of rotatable bonds is 1.